The Labute approximate surface area is 160 Å². The molecule has 0 bridgehead atoms. The largest absolute Gasteiger partial charge is 0.497 e. The molecule has 1 unspecified atom stereocenters. The maximum Gasteiger partial charge on any atom is 0.248 e. The maximum absolute atomic E-state index is 12.5. The Bertz CT molecular complexity index is 719. The molecule has 2 aromatic rings. The van der Waals surface area contributed by atoms with Gasteiger partial charge < -0.3 is 19.1 Å². The van der Waals surface area contributed by atoms with Gasteiger partial charge in [0.15, 0.2) is 0 Å². The second kappa shape index (κ2) is 9.97. The van der Waals surface area contributed by atoms with E-state index in [1.54, 1.807) is 7.11 Å². The highest BCUT2D eigenvalue weighted by Crippen LogP contribution is 2.23. The highest BCUT2D eigenvalue weighted by molar-refractivity contribution is 5.78. The fourth-order valence-electron chi connectivity index (χ4n) is 3.43. The van der Waals surface area contributed by atoms with Crippen LogP contribution in [0.4, 0.5) is 0 Å². The summed E-state index contributed by atoms with van der Waals surface area (Å²) in [5, 5.41) is 0. The number of rotatable bonds is 9. The first-order chi connectivity index (χ1) is 13.3. The van der Waals surface area contributed by atoms with Crippen LogP contribution in [0.3, 0.4) is 0 Å². The van der Waals surface area contributed by atoms with E-state index >= 15 is 0 Å². The highest BCUT2D eigenvalue weighted by Gasteiger charge is 2.28. The molecule has 5 nitrogen and oxygen atoms in total. The van der Waals surface area contributed by atoms with Crippen molar-refractivity contribution in [3.05, 3.63) is 60.2 Å². The molecule has 1 fully saturated rings. The zero-order chi connectivity index (χ0) is 18.9. The number of hydrogen-bond donors (Lipinski definition) is 0. The van der Waals surface area contributed by atoms with Crippen LogP contribution in [0.1, 0.15) is 18.4 Å². The summed E-state index contributed by atoms with van der Waals surface area (Å²) >= 11 is 0. The number of carbonyl (C=O) groups is 1. The zero-order valence-corrected chi connectivity index (χ0v) is 15.8. The molecule has 27 heavy (non-hydrogen) atoms. The first-order valence-electron chi connectivity index (χ1n) is 9.44. The monoisotopic (exact) mass is 369 g/mol. The van der Waals surface area contributed by atoms with Crippen LogP contribution in [0, 0.1) is 0 Å². The number of methoxy groups -OCH3 is 1. The molecule has 1 aliphatic rings. The summed E-state index contributed by atoms with van der Waals surface area (Å²) in [5.74, 6) is 1.72. The van der Waals surface area contributed by atoms with E-state index in [4.69, 9.17) is 14.2 Å². The molecule has 1 heterocycles. The quantitative estimate of drug-likeness (QED) is 0.636. The van der Waals surface area contributed by atoms with Gasteiger partial charge in [-0.25, -0.2) is 0 Å². The van der Waals surface area contributed by atoms with Crippen LogP contribution < -0.4 is 9.47 Å². The molecule has 1 aliphatic heterocycles. The lowest BCUT2D eigenvalue weighted by molar-refractivity contribution is -0.137. The summed E-state index contributed by atoms with van der Waals surface area (Å²) < 4.78 is 16.4. The van der Waals surface area contributed by atoms with Crippen molar-refractivity contribution >= 4 is 5.91 Å². The van der Waals surface area contributed by atoms with Gasteiger partial charge >= 0.3 is 0 Å². The van der Waals surface area contributed by atoms with Crippen molar-refractivity contribution in [2.24, 2.45) is 0 Å². The molecule has 0 spiro atoms. The van der Waals surface area contributed by atoms with Gasteiger partial charge in [0.1, 0.15) is 24.7 Å². The van der Waals surface area contributed by atoms with Crippen molar-refractivity contribution < 1.29 is 19.0 Å². The molecule has 1 amide bonds. The minimum atomic E-state index is 0.0557. The Hall–Kier alpha value is -2.53. The van der Waals surface area contributed by atoms with Gasteiger partial charge in [-0.2, -0.15) is 0 Å². The summed E-state index contributed by atoms with van der Waals surface area (Å²) in [7, 11) is 1.67. The van der Waals surface area contributed by atoms with Crippen LogP contribution in [-0.2, 0) is 16.0 Å². The predicted molar refractivity (Wildman–Crippen MR) is 104 cm³/mol. The third-order valence-electron chi connectivity index (χ3n) is 4.77. The first kappa shape index (κ1) is 19.2. The van der Waals surface area contributed by atoms with E-state index in [-0.39, 0.29) is 18.6 Å². The fraction of sp³-hybridized carbons (Fsp3) is 0.409. The Morgan fingerprint density at radius 2 is 1.89 bits per heavy atom. The van der Waals surface area contributed by atoms with E-state index in [1.165, 1.54) is 5.56 Å². The van der Waals surface area contributed by atoms with Crippen molar-refractivity contribution in [2.75, 3.05) is 33.5 Å². The van der Waals surface area contributed by atoms with Crippen LogP contribution in [0.5, 0.6) is 11.5 Å². The molecule has 0 aromatic heterocycles. The molecule has 0 radical (unpaired) electrons. The van der Waals surface area contributed by atoms with E-state index in [1.807, 2.05) is 53.4 Å². The van der Waals surface area contributed by atoms with Gasteiger partial charge in [0.2, 0.25) is 5.91 Å². The number of amides is 1. The highest BCUT2D eigenvalue weighted by atomic mass is 16.5. The smallest absolute Gasteiger partial charge is 0.248 e. The number of benzene rings is 2. The lowest BCUT2D eigenvalue weighted by Gasteiger charge is -2.25. The molecule has 1 saturated heterocycles. The van der Waals surface area contributed by atoms with Crippen LogP contribution in [-0.4, -0.2) is 50.3 Å². The van der Waals surface area contributed by atoms with E-state index in [0.717, 1.165) is 37.3 Å². The van der Waals surface area contributed by atoms with Crippen LogP contribution in [0.15, 0.2) is 54.6 Å². The summed E-state index contributed by atoms with van der Waals surface area (Å²) in [5.41, 5.74) is 1.19. The number of nitrogens with zero attached hydrogens (tertiary/aromatic N) is 1. The summed E-state index contributed by atoms with van der Waals surface area (Å²) in [6.07, 6.45) is 2.91. The number of para-hydroxylation sites is 1. The van der Waals surface area contributed by atoms with E-state index in [2.05, 4.69) is 6.07 Å². The molecular weight excluding hydrogens is 342 g/mol. The van der Waals surface area contributed by atoms with Gasteiger partial charge in [-0.15, -0.1) is 0 Å². The van der Waals surface area contributed by atoms with Gasteiger partial charge in [-0.05, 0) is 49.1 Å². The Morgan fingerprint density at radius 1 is 1.07 bits per heavy atom. The predicted octanol–water partition coefficient (Wildman–Crippen LogP) is 3.32. The van der Waals surface area contributed by atoms with Crippen LogP contribution in [0.25, 0.3) is 0 Å². The molecule has 5 heteroatoms. The van der Waals surface area contributed by atoms with Gasteiger partial charge in [0.05, 0.1) is 13.7 Å². The molecule has 0 N–H and O–H groups in total. The standard InChI is InChI=1S/C22H27NO4/c1-25-21-11-5-7-18(16-21)15-19-8-6-12-23(19)22(24)17-26-13-14-27-20-9-3-2-4-10-20/h2-5,7,9-11,16,19H,6,8,12-15,17H2,1H3. The average Bonchev–Trinajstić information content (AvgIpc) is 3.16. The number of likely N-dealkylation sites (tertiary alicyclic amines) is 1. The molecule has 3 rings (SSSR count). The maximum atomic E-state index is 12.5. The first-order valence-corrected chi connectivity index (χ1v) is 9.44. The molecule has 1 atom stereocenters. The minimum Gasteiger partial charge on any atom is -0.497 e. The summed E-state index contributed by atoms with van der Waals surface area (Å²) in [4.78, 5) is 14.5. The molecular formula is C22H27NO4. The molecule has 0 saturated carbocycles. The van der Waals surface area contributed by atoms with Gasteiger partial charge in [0.25, 0.3) is 0 Å². The van der Waals surface area contributed by atoms with Gasteiger partial charge in [0, 0.05) is 12.6 Å². The SMILES string of the molecule is COc1cccc(CC2CCCN2C(=O)COCCOc2ccccc2)c1. The van der Waals surface area contributed by atoms with Crippen molar-refractivity contribution in [2.45, 2.75) is 25.3 Å². The number of hydrogen-bond acceptors (Lipinski definition) is 4. The Balaban J connectivity index is 1.41. The van der Waals surface area contributed by atoms with Crippen molar-refractivity contribution in [1.29, 1.82) is 0 Å². The van der Waals surface area contributed by atoms with Gasteiger partial charge in [-0.1, -0.05) is 30.3 Å². The van der Waals surface area contributed by atoms with E-state index < -0.39 is 0 Å². The second-order valence-corrected chi connectivity index (χ2v) is 6.65. The number of ether oxygens (including phenoxy) is 3. The third-order valence-corrected chi connectivity index (χ3v) is 4.77. The summed E-state index contributed by atoms with van der Waals surface area (Å²) in [6, 6.07) is 17.9. The zero-order valence-electron chi connectivity index (χ0n) is 15.8. The Morgan fingerprint density at radius 3 is 2.70 bits per heavy atom. The molecule has 144 valence electrons. The molecule has 2 aromatic carbocycles. The van der Waals surface area contributed by atoms with Crippen LogP contribution >= 0.6 is 0 Å². The lowest BCUT2D eigenvalue weighted by atomic mass is 10.0. The average molecular weight is 369 g/mol. The molecule has 0 aliphatic carbocycles. The van der Waals surface area contributed by atoms with Gasteiger partial charge in [-0.3, -0.25) is 4.79 Å². The van der Waals surface area contributed by atoms with E-state index in [9.17, 15) is 4.79 Å². The lowest BCUT2D eigenvalue weighted by Crippen LogP contribution is -2.39. The van der Waals surface area contributed by atoms with Crippen LogP contribution in [0.2, 0.25) is 0 Å². The topological polar surface area (TPSA) is 48.0 Å². The van der Waals surface area contributed by atoms with E-state index in [0.29, 0.717) is 13.2 Å². The minimum absolute atomic E-state index is 0.0557. The van der Waals surface area contributed by atoms with Crippen molar-refractivity contribution in [3.63, 3.8) is 0 Å². The van der Waals surface area contributed by atoms with Crippen molar-refractivity contribution in [3.8, 4) is 11.5 Å². The van der Waals surface area contributed by atoms with Crippen molar-refractivity contribution in [1.82, 2.24) is 4.90 Å². The Kier molecular flexibility index (Phi) is 7.11. The second-order valence-electron chi connectivity index (χ2n) is 6.65. The normalized spacial score (nSPS) is 16.3. The fourth-order valence-corrected chi connectivity index (χ4v) is 3.43. The summed E-state index contributed by atoms with van der Waals surface area (Å²) in [6.45, 7) is 1.74. The third kappa shape index (κ3) is 5.73. The number of carbonyl (C=O) groups excluding carboxylic acids is 1.